The maximum absolute atomic E-state index is 12.0. The van der Waals surface area contributed by atoms with Gasteiger partial charge in [0.2, 0.25) is 11.8 Å². The van der Waals surface area contributed by atoms with Gasteiger partial charge in [0.1, 0.15) is 6.10 Å². The van der Waals surface area contributed by atoms with Crippen LogP contribution in [0.5, 0.6) is 0 Å². The molecule has 3 N–H and O–H groups in total. The fraction of sp³-hybridized carbons (Fsp3) is 0.867. The first-order valence-electron chi connectivity index (χ1n) is 7.97. The zero-order valence-electron chi connectivity index (χ0n) is 12.6. The summed E-state index contributed by atoms with van der Waals surface area (Å²) in [6, 6.07) is -0.145. The Hall–Kier alpha value is -1.14. The van der Waals surface area contributed by atoms with Crippen molar-refractivity contribution in [1.82, 2.24) is 10.6 Å². The zero-order valence-corrected chi connectivity index (χ0v) is 12.6. The number of aliphatic hydroxyl groups is 1. The molecule has 1 aliphatic carbocycles. The quantitative estimate of drug-likeness (QED) is 0.660. The number of nitrogens with one attached hydrogen (secondary N) is 2. The number of hydrogen-bond acceptors (Lipinski definition) is 4. The average molecular weight is 298 g/mol. The summed E-state index contributed by atoms with van der Waals surface area (Å²) in [5, 5.41) is 15.2. The minimum atomic E-state index is -0.415. The number of amides is 2. The Balaban J connectivity index is 1.80. The van der Waals surface area contributed by atoms with E-state index in [9.17, 15) is 14.7 Å². The highest BCUT2D eigenvalue weighted by atomic mass is 16.5. The van der Waals surface area contributed by atoms with E-state index < -0.39 is 6.10 Å². The molecule has 2 aliphatic rings. The standard InChI is InChI=1S/C15H26N2O4/c1-2-16-14(19)8-11-6-7-12(13(9-18)21-11)17-15(20)10-4-3-5-10/h10-13,18H,2-9H2,1H3,(H,16,19)(H,17,20)/t11-,12+,13+/m1/s1. The SMILES string of the molecule is CCNC(=O)C[C@H]1CC[C@H](NC(=O)C2CCC2)[C@H](CO)O1. The van der Waals surface area contributed by atoms with E-state index >= 15 is 0 Å². The Morgan fingerprint density at radius 2 is 2.00 bits per heavy atom. The molecule has 0 bridgehead atoms. The predicted molar refractivity (Wildman–Crippen MR) is 77.6 cm³/mol. The van der Waals surface area contributed by atoms with Crippen molar-refractivity contribution in [1.29, 1.82) is 0 Å². The van der Waals surface area contributed by atoms with Crippen molar-refractivity contribution in [2.45, 2.75) is 63.7 Å². The summed E-state index contributed by atoms with van der Waals surface area (Å²) < 4.78 is 5.77. The second-order valence-corrected chi connectivity index (χ2v) is 5.96. The molecule has 1 saturated carbocycles. The van der Waals surface area contributed by atoms with Gasteiger partial charge in [0, 0.05) is 12.5 Å². The van der Waals surface area contributed by atoms with Gasteiger partial charge in [-0.3, -0.25) is 9.59 Å². The summed E-state index contributed by atoms with van der Waals surface area (Å²) in [5.41, 5.74) is 0. The molecule has 1 heterocycles. The number of ether oxygens (including phenoxy) is 1. The van der Waals surface area contributed by atoms with Crippen LogP contribution in [0, 0.1) is 5.92 Å². The molecule has 6 heteroatoms. The van der Waals surface area contributed by atoms with Crippen LogP contribution >= 0.6 is 0 Å². The summed E-state index contributed by atoms with van der Waals surface area (Å²) in [6.07, 6.45) is 4.24. The van der Waals surface area contributed by atoms with Gasteiger partial charge >= 0.3 is 0 Å². The minimum Gasteiger partial charge on any atom is -0.394 e. The first-order valence-corrected chi connectivity index (χ1v) is 7.97. The largest absolute Gasteiger partial charge is 0.394 e. The molecule has 2 rings (SSSR count). The maximum atomic E-state index is 12.0. The molecule has 0 aromatic carbocycles. The van der Waals surface area contributed by atoms with Crippen LogP contribution in [-0.2, 0) is 14.3 Å². The van der Waals surface area contributed by atoms with Crippen molar-refractivity contribution in [3.63, 3.8) is 0 Å². The summed E-state index contributed by atoms with van der Waals surface area (Å²) >= 11 is 0. The van der Waals surface area contributed by atoms with E-state index in [4.69, 9.17) is 4.74 Å². The lowest BCUT2D eigenvalue weighted by Crippen LogP contribution is -2.53. The molecular weight excluding hydrogens is 272 g/mol. The second-order valence-electron chi connectivity index (χ2n) is 5.96. The average Bonchev–Trinajstić information content (AvgIpc) is 2.38. The maximum Gasteiger partial charge on any atom is 0.223 e. The summed E-state index contributed by atoms with van der Waals surface area (Å²) in [5.74, 6) is 0.184. The highest BCUT2D eigenvalue weighted by Gasteiger charge is 2.35. The van der Waals surface area contributed by atoms with Gasteiger partial charge in [0.25, 0.3) is 0 Å². The lowest BCUT2D eigenvalue weighted by Gasteiger charge is -2.37. The molecule has 120 valence electrons. The van der Waals surface area contributed by atoms with Crippen molar-refractivity contribution in [3.8, 4) is 0 Å². The molecule has 0 spiro atoms. The highest BCUT2D eigenvalue weighted by molar-refractivity contribution is 5.79. The lowest BCUT2D eigenvalue weighted by atomic mass is 9.84. The molecule has 3 atom stereocenters. The summed E-state index contributed by atoms with van der Waals surface area (Å²) in [4.78, 5) is 23.6. The molecule has 2 amide bonds. The first kappa shape index (κ1) is 16.2. The fourth-order valence-corrected chi connectivity index (χ4v) is 2.89. The van der Waals surface area contributed by atoms with Crippen molar-refractivity contribution in [2.24, 2.45) is 5.92 Å². The van der Waals surface area contributed by atoms with Crippen molar-refractivity contribution in [2.75, 3.05) is 13.2 Å². The van der Waals surface area contributed by atoms with Crippen LogP contribution < -0.4 is 10.6 Å². The van der Waals surface area contributed by atoms with E-state index in [1.54, 1.807) is 0 Å². The summed E-state index contributed by atoms with van der Waals surface area (Å²) in [6.45, 7) is 2.35. The predicted octanol–water partition coefficient (Wildman–Crippen LogP) is 0.337. The number of aliphatic hydroxyl groups excluding tert-OH is 1. The van der Waals surface area contributed by atoms with Crippen LogP contribution in [0.15, 0.2) is 0 Å². The molecular formula is C15H26N2O4. The number of hydrogen-bond donors (Lipinski definition) is 3. The van der Waals surface area contributed by atoms with E-state index in [1.807, 2.05) is 6.92 Å². The van der Waals surface area contributed by atoms with Crippen LogP contribution in [0.4, 0.5) is 0 Å². The number of rotatable bonds is 6. The Morgan fingerprint density at radius 1 is 1.24 bits per heavy atom. The molecule has 6 nitrogen and oxygen atoms in total. The van der Waals surface area contributed by atoms with Crippen molar-refractivity contribution < 1.29 is 19.4 Å². The molecule has 0 aromatic rings. The van der Waals surface area contributed by atoms with Crippen LogP contribution in [0.3, 0.4) is 0 Å². The van der Waals surface area contributed by atoms with Gasteiger partial charge in [-0.2, -0.15) is 0 Å². The third-order valence-electron chi connectivity index (χ3n) is 4.39. The molecule has 0 radical (unpaired) electrons. The Kier molecular flexibility index (Phi) is 5.99. The third-order valence-corrected chi connectivity index (χ3v) is 4.39. The van der Waals surface area contributed by atoms with Crippen LogP contribution in [0.25, 0.3) is 0 Å². The van der Waals surface area contributed by atoms with Crippen molar-refractivity contribution in [3.05, 3.63) is 0 Å². The van der Waals surface area contributed by atoms with E-state index in [2.05, 4.69) is 10.6 Å². The third kappa shape index (κ3) is 4.41. The van der Waals surface area contributed by atoms with Crippen LogP contribution in [-0.4, -0.2) is 48.3 Å². The van der Waals surface area contributed by atoms with E-state index in [1.165, 1.54) is 0 Å². The van der Waals surface area contributed by atoms with E-state index in [0.717, 1.165) is 32.1 Å². The highest BCUT2D eigenvalue weighted by Crippen LogP contribution is 2.28. The normalized spacial score (nSPS) is 29.5. The topological polar surface area (TPSA) is 87.7 Å². The molecule has 1 saturated heterocycles. The minimum absolute atomic E-state index is 0.0313. The molecule has 1 aliphatic heterocycles. The second kappa shape index (κ2) is 7.75. The van der Waals surface area contributed by atoms with Gasteiger partial charge in [-0.15, -0.1) is 0 Å². The Labute approximate surface area is 125 Å². The number of carbonyl (C=O) groups is 2. The zero-order chi connectivity index (χ0) is 15.2. The van der Waals surface area contributed by atoms with Gasteiger partial charge in [-0.1, -0.05) is 6.42 Å². The monoisotopic (exact) mass is 298 g/mol. The van der Waals surface area contributed by atoms with Gasteiger partial charge in [-0.25, -0.2) is 0 Å². The Morgan fingerprint density at radius 3 is 2.57 bits per heavy atom. The Bertz CT molecular complexity index is 371. The van der Waals surface area contributed by atoms with Crippen LogP contribution in [0.2, 0.25) is 0 Å². The molecule has 21 heavy (non-hydrogen) atoms. The number of carbonyl (C=O) groups excluding carboxylic acids is 2. The molecule has 2 fully saturated rings. The molecule has 0 aromatic heterocycles. The van der Waals surface area contributed by atoms with Gasteiger partial charge in [0.05, 0.1) is 25.2 Å². The smallest absolute Gasteiger partial charge is 0.223 e. The first-order chi connectivity index (χ1) is 10.1. The van der Waals surface area contributed by atoms with E-state index in [-0.39, 0.29) is 36.5 Å². The lowest BCUT2D eigenvalue weighted by molar-refractivity contribution is -0.138. The van der Waals surface area contributed by atoms with E-state index in [0.29, 0.717) is 13.0 Å². The van der Waals surface area contributed by atoms with Gasteiger partial charge in [-0.05, 0) is 32.6 Å². The summed E-state index contributed by atoms with van der Waals surface area (Å²) in [7, 11) is 0. The van der Waals surface area contributed by atoms with Crippen LogP contribution in [0.1, 0.15) is 45.4 Å². The fourth-order valence-electron chi connectivity index (χ4n) is 2.89. The molecule has 0 unspecified atom stereocenters. The van der Waals surface area contributed by atoms with Gasteiger partial charge in [0.15, 0.2) is 0 Å². The van der Waals surface area contributed by atoms with Crippen molar-refractivity contribution >= 4 is 11.8 Å². The van der Waals surface area contributed by atoms with Gasteiger partial charge < -0.3 is 20.5 Å².